The van der Waals surface area contributed by atoms with E-state index in [4.69, 9.17) is 0 Å². The third-order valence-corrected chi connectivity index (χ3v) is 4.28. The van der Waals surface area contributed by atoms with Gasteiger partial charge in [0, 0.05) is 31.0 Å². The number of carbonyl (C=O) groups is 1. The van der Waals surface area contributed by atoms with Crippen LogP contribution in [0.25, 0.3) is 0 Å². The fourth-order valence-electron chi connectivity index (χ4n) is 3.02. The van der Waals surface area contributed by atoms with Crippen molar-refractivity contribution < 1.29 is 4.79 Å². The summed E-state index contributed by atoms with van der Waals surface area (Å²) in [4.78, 5) is 14.5. The molecule has 1 aliphatic carbocycles. The van der Waals surface area contributed by atoms with Gasteiger partial charge in [0.2, 0.25) is 5.91 Å². The number of hydrogen-bond donors (Lipinski definition) is 0. The molecule has 1 unspecified atom stereocenters. The van der Waals surface area contributed by atoms with Gasteiger partial charge in [0.1, 0.15) is 0 Å². The lowest BCUT2D eigenvalue weighted by atomic mass is 9.93. The van der Waals surface area contributed by atoms with E-state index in [9.17, 15) is 4.79 Å². The molecular weight excluding hydrogens is 270 g/mol. The number of likely N-dealkylation sites (tertiary alicyclic amines) is 1. The molecule has 1 amide bonds. The molecule has 0 saturated carbocycles. The zero-order valence-electron chi connectivity index (χ0n) is 14.5. The van der Waals surface area contributed by atoms with Crippen LogP contribution in [-0.4, -0.2) is 23.9 Å². The summed E-state index contributed by atoms with van der Waals surface area (Å²) in [6.45, 7) is 12.2. The van der Waals surface area contributed by atoms with Gasteiger partial charge >= 0.3 is 0 Å². The second-order valence-corrected chi connectivity index (χ2v) is 6.87. The second-order valence-electron chi connectivity index (χ2n) is 6.87. The highest BCUT2D eigenvalue weighted by atomic mass is 16.2. The summed E-state index contributed by atoms with van der Waals surface area (Å²) in [5, 5.41) is 0. The van der Waals surface area contributed by atoms with E-state index >= 15 is 0 Å². The summed E-state index contributed by atoms with van der Waals surface area (Å²) >= 11 is 0. The van der Waals surface area contributed by atoms with Gasteiger partial charge in [0.15, 0.2) is 0 Å². The summed E-state index contributed by atoms with van der Waals surface area (Å²) in [7, 11) is 0. The van der Waals surface area contributed by atoms with E-state index in [0.717, 1.165) is 25.1 Å². The van der Waals surface area contributed by atoms with Gasteiger partial charge in [-0.25, -0.2) is 0 Å². The predicted octanol–water partition coefficient (Wildman–Crippen LogP) is 4.59. The largest absolute Gasteiger partial charge is 0.338 e. The van der Waals surface area contributed by atoms with E-state index in [1.165, 1.54) is 11.1 Å². The zero-order chi connectivity index (χ0) is 16.3. The maximum absolute atomic E-state index is 12.5. The molecule has 1 radical (unpaired) electrons. The van der Waals surface area contributed by atoms with Crippen molar-refractivity contribution in [3.63, 3.8) is 0 Å². The number of carbonyl (C=O) groups excluding carboxylic acids is 1. The smallest absolute Gasteiger partial charge is 0.250 e. The van der Waals surface area contributed by atoms with E-state index in [1.54, 1.807) is 0 Å². The number of hydrogen-bond acceptors (Lipinski definition) is 1. The molecule has 119 valence electrons. The predicted molar refractivity (Wildman–Crippen MR) is 92.5 cm³/mol. The third kappa shape index (κ3) is 3.60. The van der Waals surface area contributed by atoms with Crippen LogP contribution in [0.5, 0.6) is 0 Å². The molecular formula is C20H28NO. The van der Waals surface area contributed by atoms with Gasteiger partial charge in [-0.3, -0.25) is 4.79 Å². The highest BCUT2D eigenvalue weighted by Crippen LogP contribution is 2.44. The molecule has 2 nitrogen and oxygen atoms in total. The Morgan fingerprint density at radius 2 is 1.77 bits per heavy atom. The zero-order valence-corrected chi connectivity index (χ0v) is 14.5. The minimum absolute atomic E-state index is 0.101. The minimum Gasteiger partial charge on any atom is -0.338 e. The van der Waals surface area contributed by atoms with Crippen LogP contribution in [0, 0.1) is 11.8 Å². The monoisotopic (exact) mass is 298 g/mol. The summed E-state index contributed by atoms with van der Waals surface area (Å²) in [6, 6.07) is 10.5. The van der Waals surface area contributed by atoms with Crippen LogP contribution < -0.4 is 0 Å². The van der Waals surface area contributed by atoms with Crippen LogP contribution >= 0.6 is 0 Å². The SMILES string of the molecule is CC.CC(C)(C)C1=C(C(=O)N2CCC(c3ccccc3)C2)[CH]1. The molecule has 2 heteroatoms. The highest BCUT2D eigenvalue weighted by molar-refractivity contribution is 6.03. The van der Waals surface area contributed by atoms with Gasteiger partial charge < -0.3 is 4.90 Å². The van der Waals surface area contributed by atoms with Gasteiger partial charge in [0.05, 0.1) is 0 Å². The average Bonchev–Trinajstić information content (AvgIpc) is 3.20. The van der Waals surface area contributed by atoms with E-state index in [0.29, 0.717) is 5.92 Å². The molecule has 1 aromatic rings. The maximum Gasteiger partial charge on any atom is 0.250 e. The first-order valence-electron chi connectivity index (χ1n) is 8.40. The van der Waals surface area contributed by atoms with Crippen molar-refractivity contribution in [1.82, 2.24) is 4.90 Å². The van der Waals surface area contributed by atoms with E-state index in [1.807, 2.05) is 24.8 Å². The van der Waals surface area contributed by atoms with Crippen LogP contribution in [0.4, 0.5) is 0 Å². The standard InChI is InChI=1S/C18H22NO.C2H6/c1-18(2,3)16-11-15(16)17(20)19-10-9-14(12-19)13-7-5-4-6-8-13;1-2/h4-8,11,14H,9-10,12H2,1-3H3;1-2H3. The summed E-state index contributed by atoms with van der Waals surface area (Å²) in [6.07, 6.45) is 3.13. The molecule has 1 aromatic carbocycles. The lowest BCUT2D eigenvalue weighted by molar-refractivity contribution is -0.125. The Labute approximate surface area is 135 Å². The molecule has 0 bridgehead atoms. The Kier molecular flexibility index (Phi) is 5.10. The number of rotatable bonds is 2. The maximum atomic E-state index is 12.5. The van der Waals surface area contributed by atoms with Crippen molar-refractivity contribution in [2.45, 2.75) is 47.0 Å². The van der Waals surface area contributed by atoms with Crippen molar-refractivity contribution in [2.75, 3.05) is 13.1 Å². The Balaban J connectivity index is 0.000000847. The van der Waals surface area contributed by atoms with Crippen LogP contribution in [0.15, 0.2) is 41.5 Å². The molecule has 1 fully saturated rings. The number of nitrogens with zero attached hydrogens (tertiary/aromatic N) is 1. The average molecular weight is 298 g/mol. The fraction of sp³-hybridized carbons (Fsp3) is 0.500. The highest BCUT2D eigenvalue weighted by Gasteiger charge is 2.40. The molecule has 2 aliphatic rings. The molecule has 1 heterocycles. The topological polar surface area (TPSA) is 20.3 Å². The Bertz CT molecular complexity index is 551. The first-order valence-corrected chi connectivity index (χ1v) is 8.40. The van der Waals surface area contributed by atoms with E-state index < -0.39 is 0 Å². The summed E-state index contributed by atoms with van der Waals surface area (Å²) < 4.78 is 0. The fourth-order valence-corrected chi connectivity index (χ4v) is 3.02. The van der Waals surface area contributed by atoms with Gasteiger partial charge in [0.25, 0.3) is 0 Å². The summed E-state index contributed by atoms with van der Waals surface area (Å²) in [5.74, 6) is 0.728. The normalized spacial score (nSPS) is 20.6. The van der Waals surface area contributed by atoms with Crippen molar-refractivity contribution in [3.05, 3.63) is 53.5 Å². The van der Waals surface area contributed by atoms with Gasteiger partial charge in [-0.05, 0) is 23.0 Å². The van der Waals surface area contributed by atoms with Gasteiger partial charge in [-0.15, -0.1) is 0 Å². The first kappa shape index (κ1) is 16.8. The quantitative estimate of drug-likeness (QED) is 0.782. The first-order chi connectivity index (χ1) is 10.5. The van der Waals surface area contributed by atoms with Crippen molar-refractivity contribution in [3.8, 4) is 0 Å². The number of amides is 1. The molecule has 1 aliphatic heterocycles. The Morgan fingerprint density at radius 1 is 1.14 bits per heavy atom. The van der Waals surface area contributed by atoms with Crippen molar-refractivity contribution in [2.24, 2.45) is 5.41 Å². The van der Waals surface area contributed by atoms with Crippen LogP contribution in [0.1, 0.15) is 52.5 Å². The van der Waals surface area contributed by atoms with Gasteiger partial charge in [-0.1, -0.05) is 65.0 Å². The molecule has 0 aromatic heterocycles. The molecule has 0 spiro atoms. The molecule has 1 atom stereocenters. The molecule has 1 saturated heterocycles. The Morgan fingerprint density at radius 3 is 2.32 bits per heavy atom. The van der Waals surface area contributed by atoms with Crippen LogP contribution in [-0.2, 0) is 4.79 Å². The van der Waals surface area contributed by atoms with Crippen molar-refractivity contribution in [1.29, 1.82) is 0 Å². The van der Waals surface area contributed by atoms with Crippen LogP contribution in [0.3, 0.4) is 0 Å². The molecule has 3 rings (SSSR count). The second kappa shape index (κ2) is 6.68. The van der Waals surface area contributed by atoms with E-state index in [2.05, 4.69) is 51.5 Å². The molecule has 22 heavy (non-hydrogen) atoms. The summed E-state index contributed by atoms with van der Waals surface area (Å²) in [5.41, 5.74) is 3.63. The van der Waals surface area contributed by atoms with E-state index in [-0.39, 0.29) is 11.3 Å². The number of allylic oxidation sites excluding steroid dienone is 1. The van der Waals surface area contributed by atoms with Crippen LogP contribution in [0.2, 0.25) is 0 Å². The lowest BCUT2D eigenvalue weighted by Gasteiger charge is -2.16. The third-order valence-electron chi connectivity index (χ3n) is 4.28. The Hall–Kier alpha value is -1.57. The van der Waals surface area contributed by atoms with Gasteiger partial charge in [-0.2, -0.15) is 0 Å². The number of benzene rings is 1. The molecule has 0 N–H and O–H groups in total. The lowest BCUT2D eigenvalue weighted by Crippen LogP contribution is -2.27. The minimum atomic E-state index is 0.101. The van der Waals surface area contributed by atoms with Crippen molar-refractivity contribution >= 4 is 5.91 Å².